The van der Waals surface area contributed by atoms with Crippen LogP contribution < -0.4 is 10.9 Å². The highest BCUT2D eigenvalue weighted by Crippen LogP contribution is 2.35. The number of fused-ring (bicyclic) bond motifs is 1. The Morgan fingerprint density at radius 1 is 1.12 bits per heavy atom. The van der Waals surface area contributed by atoms with Crippen LogP contribution in [0.3, 0.4) is 0 Å². The fraction of sp³-hybridized carbons (Fsp3) is 0.0952. The summed E-state index contributed by atoms with van der Waals surface area (Å²) in [5.41, 5.74) is -1.30. The van der Waals surface area contributed by atoms with Crippen molar-refractivity contribution in [2.75, 3.05) is 5.32 Å². The number of thiazole rings is 1. The zero-order valence-electron chi connectivity index (χ0n) is 15.8. The first-order valence-corrected chi connectivity index (χ1v) is 10.5. The van der Waals surface area contributed by atoms with Crippen molar-refractivity contribution in [1.82, 2.24) is 4.98 Å². The van der Waals surface area contributed by atoms with Crippen molar-refractivity contribution >= 4 is 56.5 Å². The Labute approximate surface area is 192 Å². The Balaban J connectivity index is 1.53. The van der Waals surface area contributed by atoms with Gasteiger partial charge < -0.3 is 4.42 Å². The molecular weight excluding hydrogens is 488 g/mol. The van der Waals surface area contributed by atoms with Gasteiger partial charge in [-0.3, -0.25) is 10.1 Å². The van der Waals surface area contributed by atoms with Crippen LogP contribution in [0.1, 0.15) is 26.4 Å². The van der Waals surface area contributed by atoms with Crippen molar-refractivity contribution in [3.8, 4) is 0 Å². The number of halogens is 5. The van der Waals surface area contributed by atoms with Crippen LogP contribution >= 0.6 is 34.5 Å². The normalized spacial score (nSPS) is 11.7. The predicted octanol–water partition coefficient (Wildman–Crippen LogP) is 6.42. The first-order chi connectivity index (χ1) is 15.1. The Morgan fingerprint density at radius 3 is 2.66 bits per heavy atom. The summed E-state index contributed by atoms with van der Waals surface area (Å²) >= 11 is 12.6. The van der Waals surface area contributed by atoms with Crippen molar-refractivity contribution in [3.63, 3.8) is 0 Å². The van der Waals surface area contributed by atoms with E-state index in [-0.39, 0.29) is 27.7 Å². The molecule has 32 heavy (non-hydrogen) atoms. The summed E-state index contributed by atoms with van der Waals surface area (Å²) in [6, 6.07) is 9.65. The van der Waals surface area contributed by atoms with Crippen LogP contribution in [0.4, 0.5) is 18.3 Å². The van der Waals surface area contributed by atoms with Gasteiger partial charge in [0.1, 0.15) is 11.1 Å². The van der Waals surface area contributed by atoms with Gasteiger partial charge in [0.15, 0.2) is 5.13 Å². The topological polar surface area (TPSA) is 72.2 Å². The maximum Gasteiger partial charge on any atom is 0.417 e. The van der Waals surface area contributed by atoms with Gasteiger partial charge in [0.25, 0.3) is 5.91 Å². The molecule has 1 N–H and O–H groups in total. The maximum absolute atomic E-state index is 13.0. The number of aromatic nitrogens is 1. The van der Waals surface area contributed by atoms with E-state index in [1.54, 1.807) is 12.1 Å². The number of carbonyl (C=O) groups excluding carboxylic acids is 1. The Kier molecular flexibility index (Phi) is 5.98. The minimum atomic E-state index is -4.56. The summed E-state index contributed by atoms with van der Waals surface area (Å²) in [5.74, 6) is -0.729. The van der Waals surface area contributed by atoms with Crippen LogP contribution in [-0.2, 0) is 12.6 Å². The van der Waals surface area contributed by atoms with E-state index in [0.717, 1.165) is 17.4 Å². The molecule has 0 aliphatic heterocycles. The number of alkyl halides is 3. The van der Waals surface area contributed by atoms with Gasteiger partial charge >= 0.3 is 11.8 Å². The van der Waals surface area contributed by atoms with Gasteiger partial charge in [-0.15, -0.1) is 11.3 Å². The van der Waals surface area contributed by atoms with Gasteiger partial charge in [-0.1, -0.05) is 29.3 Å². The summed E-state index contributed by atoms with van der Waals surface area (Å²) in [6.07, 6.45) is -2.97. The summed E-state index contributed by atoms with van der Waals surface area (Å²) in [7, 11) is 0. The fourth-order valence-corrected chi connectivity index (χ4v) is 4.21. The van der Waals surface area contributed by atoms with E-state index < -0.39 is 23.3 Å². The monoisotopic (exact) mass is 498 g/mol. The zero-order valence-corrected chi connectivity index (χ0v) is 18.1. The van der Waals surface area contributed by atoms with Crippen LogP contribution in [-0.4, -0.2) is 10.9 Å². The van der Waals surface area contributed by atoms with E-state index in [1.165, 1.54) is 30.5 Å². The number of nitrogens with one attached hydrogen (secondary N) is 1. The molecule has 0 bridgehead atoms. The van der Waals surface area contributed by atoms with E-state index in [4.69, 9.17) is 27.6 Å². The zero-order chi connectivity index (χ0) is 23.0. The molecule has 0 fully saturated rings. The van der Waals surface area contributed by atoms with Crippen LogP contribution in [0.5, 0.6) is 0 Å². The minimum absolute atomic E-state index is 0.157. The average Bonchev–Trinajstić information content (AvgIpc) is 3.15. The van der Waals surface area contributed by atoms with Gasteiger partial charge in [0.2, 0.25) is 0 Å². The van der Waals surface area contributed by atoms with Gasteiger partial charge in [-0.2, -0.15) is 13.2 Å². The van der Waals surface area contributed by atoms with E-state index in [2.05, 4.69) is 10.3 Å². The molecule has 5 nitrogen and oxygen atoms in total. The lowest BCUT2D eigenvalue weighted by molar-refractivity contribution is -0.137. The first-order valence-electron chi connectivity index (χ1n) is 8.95. The number of hydrogen-bond donors (Lipinski definition) is 1. The molecule has 2 aromatic heterocycles. The average molecular weight is 499 g/mol. The standard InChI is InChI=1S/C21H11Cl2F3N2O3S/c22-12-2-4-17-11(7-12)8-14(19(30)31-17)18(29)28-20-27-9-13(32-20)5-10-1-3-16(23)15(6-10)21(24,25)26/h1-4,6-9H,5H2,(H,27,28,29). The highest BCUT2D eigenvalue weighted by Gasteiger charge is 2.33. The van der Waals surface area contributed by atoms with Crippen LogP contribution in [0.25, 0.3) is 11.0 Å². The van der Waals surface area contributed by atoms with E-state index in [9.17, 15) is 22.8 Å². The molecule has 0 radical (unpaired) electrons. The highest BCUT2D eigenvalue weighted by atomic mass is 35.5. The Hall–Kier alpha value is -2.88. The van der Waals surface area contributed by atoms with Crippen molar-refractivity contribution in [3.05, 3.63) is 90.7 Å². The Morgan fingerprint density at radius 2 is 1.91 bits per heavy atom. The largest absolute Gasteiger partial charge is 0.422 e. The van der Waals surface area contributed by atoms with Crippen LogP contribution in [0.2, 0.25) is 10.0 Å². The van der Waals surface area contributed by atoms with Crippen LogP contribution in [0.15, 0.2) is 57.9 Å². The van der Waals surface area contributed by atoms with E-state index >= 15 is 0 Å². The van der Waals surface area contributed by atoms with Crippen molar-refractivity contribution in [2.45, 2.75) is 12.6 Å². The molecule has 4 rings (SSSR count). The molecule has 0 saturated heterocycles. The van der Waals surface area contributed by atoms with Crippen molar-refractivity contribution in [2.24, 2.45) is 0 Å². The molecule has 0 aliphatic carbocycles. The molecule has 1 amide bonds. The first kappa shape index (κ1) is 22.3. The third-order valence-electron chi connectivity index (χ3n) is 4.43. The van der Waals surface area contributed by atoms with Crippen LogP contribution in [0, 0.1) is 0 Å². The van der Waals surface area contributed by atoms with Crippen molar-refractivity contribution < 1.29 is 22.4 Å². The third kappa shape index (κ3) is 4.79. The smallest absolute Gasteiger partial charge is 0.417 e. The molecule has 2 aromatic carbocycles. The van der Waals surface area contributed by atoms with Gasteiger partial charge in [0, 0.05) is 27.9 Å². The lowest BCUT2D eigenvalue weighted by Gasteiger charge is -2.10. The van der Waals surface area contributed by atoms with E-state index in [1.807, 2.05) is 0 Å². The number of amides is 1. The number of benzene rings is 2. The second-order valence-electron chi connectivity index (χ2n) is 6.70. The molecule has 0 spiro atoms. The minimum Gasteiger partial charge on any atom is -0.422 e. The van der Waals surface area contributed by atoms with E-state index in [0.29, 0.717) is 20.8 Å². The summed E-state index contributed by atoms with van der Waals surface area (Å²) < 4.78 is 44.3. The second-order valence-corrected chi connectivity index (χ2v) is 8.66. The molecule has 11 heteroatoms. The number of hydrogen-bond acceptors (Lipinski definition) is 5. The number of rotatable bonds is 4. The SMILES string of the molecule is O=C(Nc1ncc(Cc2ccc(Cl)c(C(F)(F)F)c2)s1)c1cc2cc(Cl)ccc2oc1=O. The van der Waals surface area contributed by atoms with Gasteiger partial charge in [-0.25, -0.2) is 9.78 Å². The number of carbonyl (C=O) groups is 1. The lowest BCUT2D eigenvalue weighted by Crippen LogP contribution is -2.20. The molecule has 2 heterocycles. The maximum atomic E-state index is 13.0. The summed E-state index contributed by atoms with van der Waals surface area (Å²) in [4.78, 5) is 29.4. The molecule has 4 aromatic rings. The second kappa shape index (κ2) is 8.57. The Bertz CT molecular complexity index is 1400. The third-order valence-corrected chi connectivity index (χ3v) is 5.90. The molecule has 0 unspecified atom stereocenters. The molecule has 164 valence electrons. The fourth-order valence-electron chi connectivity index (χ4n) is 2.96. The summed E-state index contributed by atoms with van der Waals surface area (Å²) in [5, 5.41) is 3.20. The molecule has 0 saturated carbocycles. The quantitative estimate of drug-likeness (QED) is 0.329. The van der Waals surface area contributed by atoms with Crippen molar-refractivity contribution in [1.29, 1.82) is 0 Å². The summed E-state index contributed by atoms with van der Waals surface area (Å²) in [6.45, 7) is 0. The lowest BCUT2D eigenvalue weighted by atomic mass is 10.1. The number of anilines is 1. The predicted molar refractivity (Wildman–Crippen MR) is 117 cm³/mol. The highest BCUT2D eigenvalue weighted by molar-refractivity contribution is 7.15. The molecular formula is C21H11Cl2F3N2O3S. The van der Waals surface area contributed by atoms with Gasteiger partial charge in [-0.05, 0) is 42.0 Å². The van der Waals surface area contributed by atoms with Gasteiger partial charge in [0.05, 0.1) is 10.6 Å². The number of nitrogens with zero attached hydrogens (tertiary/aromatic N) is 1. The molecule has 0 aliphatic rings. The molecule has 0 atom stereocenters.